The van der Waals surface area contributed by atoms with Crippen molar-refractivity contribution in [1.82, 2.24) is 4.98 Å². The van der Waals surface area contributed by atoms with Gasteiger partial charge in [0.05, 0.1) is 25.9 Å². The van der Waals surface area contributed by atoms with Gasteiger partial charge in [-0.3, -0.25) is 0 Å². The molecule has 1 saturated heterocycles. The van der Waals surface area contributed by atoms with Gasteiger partial charge in [0.2, 0.25) is 0 Å². The first-order valence-electron chi connectivity index (χ1n) is 5.69. The molecule has 5 nitrogen and oxygen atoms in total. The van der Waals surface area contributed by atoms with Crippen molar-refractivity contribution in [3.8, 4) is 0 Å². The Bertz CT molecular complexity index is 478. The summed E-state index contributed by atoms with van der Waals surface area (Å²) in [6.45, 7) is 2.13. The zero-order valence-electron chi connectivity index (χ0n) is 9.37. The molecule has 0 bridgehead atoms. The predicted octanol–water partition coefficient (Wildman–Crippen LogP) is 1.03. The minimum Gasteiger partial charge on any atom is -0.423 e. The van der Waals surface area contributed by atoms with Crippen LogP contribution < -0.4 is 4.90 Å². The van der Waals surface area contributed by atoms with Crippen LogP contribution >= 0.6 is 0 Å². The summed E-state index contributed by atoms with van der Waals surface area (Å²) in [5.74, 6) is 0. The summed E-state index contributed by atoms with van der Waals surface area (Å²) in [5, 5.41) is 9.66. The van der Waals surface area contributed by atoms with Crippen molar-refractivity contribution in [2.24, 2.45) is 0 Å². The molecule has 2 heterocycles. The van der Waals surface area contributed by atoms with Crippen molar-refractivity contribution in [3.05, 3.63) is 24.3 Å². The predicted molar refractivity (Wildman–Crippen MR) is 63.0 cm³/mol. The molecule has 1 fully saturated rings. The molecular formula is C12H14N2O3. The molecule has 0 radical (unpaired) electrons. The molecule has 0 amide bonds. The number of oxazole rings is 1. The molecular weight excluding hydrogens is 220 g/mol. The second-order valence-corrected chi connectivity index (χ2v) is 4.14. The molecule has 5 heteroatoms. The first kappa shape index (κ1) is 10.6. The van der Waals surface area contributed by atoms with Crippen LogP contribution in [-0.4, -0.2) is 42.5 Å². The van der Waals surface area contributed by atoms with Gasteiger partial charge < -0.3 is 19.2 Å². The Kier molecular flexibility index (Phi) is 2.70. The number of aliphatic hydroxyl groups excluding tert-OH is 1. The molecule has 0 spiro atoms. The molecule has 1 atom stereocenters. The molecule has 1 aromatic heterocycles. The Labute approximate surface area is 98.6 Å². The van der Waals surface area contributed by atoms with Crippen LogP contribution in [-0.2, 0) is 4.74 Å². The molecule has 1 N–H and O–H groups in total. The van der Waals surface area contributed by atoms with E-state index in [1.54, 1.807) is 0 Å². The lowest BCUT2D eigenvalue weighted by molar-refractivity contribution is 0.0596. The Morgan fingerprint density at radius 1 is 1.35 bits per heavy atom. The van der Waals surface area contributed by atoms with E-state index < -0.39 is 6.10 Å². The number of para-hydroxylation sites is 2. The fourth-order valence-corrected chi connectivity index (χ4v) is 1.96. The number of aromatic nitrogens is 1. The molecule has 0 saturated carbocycles. The van der Waals surface area contributed by atoms with Crippen molar-refractivity contribution in [2.45, 2.75) is 6.10 Å². The number of nitrogens with zero attached hydrogens (tertiary/aromatic N) is 2. The summed E-state index contributed by atoms with van der Waals surface area (Å²) >= 11 is 0. The average molecular weight is 234 g/mol. The minimum absolute atomic E-state index is 0.372. The number of benzene rings is 1. The van der Waals surface area contributed by atoms with Crippen molar-refractivity contribution in [3.63, 3.8) is 0 Å². The highest BCUT2D eigenvalue weighted by atomic mass is 16.5. The summed E-state index contributed by atoms with van der Waals surface area (Å²) in [6.07, 6.45) is -0.493. The second kappa shape index (κ2) is 4.35. The minimum atomic E-state index is -0.493. The van der Waals surface area contributed by atoms with Gasteiger partial charge in [-0.15, -0.1) is 0 Å². The zero-order chi connectivity index (χ0) is 11.7. The summed E-state index contributed by atoms with van der Waals surface area (Å²) in [4.78, 5) is 6.32. The maximum Gasteiger partial charge on any atom is 0.298 e. The van der Waals surface area contributed by atoms with Gasteiger partial charge in [-0.2, -0.15) is 4.98 Å². The van der Waals surface area contributed by atoms with Crippen LogP contribution in [0.1, 0.15) is 0 Å². The highest BCUT2D eigenvalue weighted by Gasteiger charge is 2.20. The maximum absolute atomic E-state index is 9.66. The van der Waals surface area contributed by atoms with Crippen LogP contribution in [0.5, 0.6) is 0 Å². The van der Waals surface area contributed by atoms with E-state index >= 15 is 0 Å². The molecule has 90 valence electrons. The van der Waals surface area contributed by atoms with Gasteiger partial charge in [0, 0.05) is 6.54 Å². The monoisotopic (exact) mass is 234 g/mol. The Balaban J connectivity index is 1.91. The van der Waals surface area contributed by atoms with Crippen molar-refractivity contribution < 1.29 is 14.3 Å². The molecule has 3 rings (SSSR count). The van der Waals surface area contributed by atoms with Gasteiger partial charge in [0.25, 0.3) is 6.01 Å². The summed E-state index contributed by atoms with van der Waals surface area (Å²) in [7, 11) is 0. The Morgan fingerprint density at radius 3 is 3.12 bits per heavy atom. The van der Waals surface area contributed by atoms with Crippen molar-refractivity contribution in [2.75, 3.05) is 31.2 Å². The number of hydrogen-bond donors (Lipinski definition) is 1. The fourth-order valence-electron chi connectivity index (χ4n) is 1.96. The quantitative estimate of drug-likeness (QED) is 0.798. The van der Waals surface area contributed by atoms with Crippen LogP contribution in [0.25, 0.3) is 11.1 Å². The molecule has 17 heavy (non-hydrogen) atoms. The molecule has 1 aromatic carbocycles. The summed E-state index contributed by atoms with van der Waals surface area (Å²) < 4.78 is 10.9. The fraction of sp³-hybridized carbons (Fsp3) is 0.417. The largest absolute Gasteiger partial charge is 0.423 e. The van der Waals surface area contributed by atoms with Gasteiger partial charge in [0.1, 0.15) is 5.52 Å². The summed E-state index contributed by atoms with van der Waals surface area (Å²) in [6, 6.07) is 8.19. The molecule has 0 aliphatic carbocycles. The van der Waals surface area contributed by atoms with Crippen molar-refractivity contribution >= 4 is 17.1 Å². The first-order valence-corrected chi connectivity index (χ1v) is 5.69. The van der Waals surface area contributed by atoms with E-state index in [9.17, 15) is 5.11 Å². The number of fused-ring (bicyclic) bond motifs is 1. The van der Waals surface area contributed by atoms with E-state index in [2.05, 4.69) is 4.98 Å². The topological polar surface area (TPSA) is 58.7 Å². The second-order valence-electron chi connectivity index (χ2n) is 4.14. The van der Waals surface area contributed by atoms with Crippen LogP contribution in [0.2, 0.25) is 0 Å². The molecule has 1 aliphatic rings. The Hall–Kier alpha value is -1.59. The number of anilines is 1. The van der Waals surface area contributed by atoms with Crippen LogP contribution in [0.15, 0.2) is 28.7 Å². The number of β-amino-alcohol motifs (C(OH)–C–C–N with tert-alkyl or cyclic N) is 1. The lowest BCUT2D eigenvalue weighted by Crippen LogP contribution is -2.32. The zero-order valence-corrected chi connectivity index (χ0v) is 9.37. The summed E-state index contributed by atoms with van der Waals surface area (Å²) in [5.41, 5.74) is 1.60. The third kappa shape index (κ3) is 2.11. The smallest absolute Gasteiger partial charge is 0.298 e. The third-order valence-electron chi connectivity index (χ3n) is 2.80. The number of aliphatic hydroxyl groups is 1. The number of hydrogen-bond acceptors (Lipinski definition) is 5. The number of ether oxygens (including phenoxy) is 1. The van der Waals surface area contributed by atoms with Gasteiger partial charge in [0.15, 0.2) is 5.58 Å². The third-order valence-corrected chi connectivity index (χ3v) is 2.80. The maximum atomic E-state index is 9.66. The first-order chi connectivity index (χ1) is 8.33. The van der Waals surface area contributed by atoms with Crippen LogP contribution in [0, 0.1) is 0 Å². The lowest BCUT2D eigenvalue weighted by Gasteiger charge is -2.18. The van der Waals surface area contributed by atoms with E-state index in [-0.39, 0.29) is 0 Å². The number of rotatable bonds is 1. The van der Waals surface area contributed by atoms with Crippen LogP contribution in [0.3, 0.4) is 0 Å². The SMILES string of the molecule is O[C@@H]1COCCN(c2nc3ccccc3o2)C1. The van der Waals surface area contributed by atoms with Gasteiger partial charge in [-0.05, 0) is 12.1 Å². The molecule has 0 unspecified atom stereocenters. The highest BCUT2D eigenvalue weighted by molar-refractivity contribution is 5.74. The van der Waals surface area contributed by atoms with Gasteiger partial charge in [-0.1, -0.05) is 12.1 Å². The van der Waals surface area contributed by atoms with Gasteiger partial charge in [-0.25, -0.2) is 0 Å². The average Bonchev–Trinajstić information content (AvgIpc) is 2.65. The Morgan fingerprint density at radius 2 is 2.24 bits per heavy atom. The van der Waals surface area contributed by atoms with E-state index in [4.69, 9.17) is 9.15 Å². The standard InChI is InChI=1S/C12H14N2O3/c15-9-7-14(5-6-16-8-9)12-13-10-3-1-2-4-11(10)17-12/h1-4,9,15H,5-8H2/t9-/m0/s1. The lowest BCUT2D eigenvalue weighted by atomic mass is 10.3. The van der Waals surface area contributed by atoms with E-state index in [1.807, 2.05) is 29.2 Å². The van der Waals surface area contributed by atoms with E-state index in [1.165, 1.54) is 0 Å². The molecule has 2 aromatic rings. The van der Waals surface area contributed by atoms with Gasteiger partial charge >= 0.3 is 0 Å². The highest BCUT2D eigenvalue weighted by Crippen LogP contribution is 2.22. The normalized spacial score (nSPS) is 21.7. The van der Waals surface area contributed by atoms with Crippen molar-refractivity contribution in [1.29, 1.82) is 0 Å². The van der Waals surface area contributed by atoms with E-state index in [0.29, 0.717) is 32.3 Å². The molecule has 1 aliphatic heterocycles. The van der Waals surface area contributed by atoms with Crippen LogP contribution in [0.4, 0.5) is 6.01 Å². The van der Waals surface area contributed by atoms with E-state index in [0.717, 1.165) is 11.1 Å².